The van der Waals surface area contributed by atoms with E-state index in [1.54, 1.807) is 6.92 Å². The van der Waals surface area contributed by atoms with Gasteiger partial charge in [-0.25, -0.2) is 8.78 Å². The van der Waals surface area contributed by atoms with Gasteiger partial charge in [-0.15, -0.1) is 11.8 Å². The quantitative estimate of drug-likeness (QED) is 0.721. The van der Waals surface area contributed by atoms with Crippen molar-refractivity contribution in [1.82, 2.24) is 5.32 Å². The van der Waals surface area contributed by atoms with Crippen LogP contribution in [0.15, 0.2) is 18.2 Å². The van der Waals surface area contributed by atoms with Gasteiger partial charge in [0.05, 0.1) is 11.8 Å². The molecule has 7 heteroatoms. The molecule has 4 nitrogen and oxygen atoms in total. The highest BCUT2D eigenvalue weighted by Crippen LogP contribution is 2.13. The molecule has 0 aliphatic heterocycles. The van der Waals surface area contributed by atoms with Gasteiger partial charge in [-0.1, -0.05) is 13.3 Å². The van der Waals surface area contributed by atoms with E-state index in [0.29, 0.717) is 0 Å². The summed E-state index contributed by atoms with van der Waals surface area (Å²) in [4.78, 5) is 23.4. The summed E-state index contributed by atoms with van der Waals surface area (Å²) in [5, 5.41) is 4.67. The van der Waals surface area contributed by atoms with Crippen LogP contribution < -0.4 is 10.6 Å². The molecule has 1 rings (SSSR count). The Kier molecular flexibility index (Phi) is 7.87. The van der Waals surface area contributed by atoms with E-state index in [9.17, 15) is 18.4 Å². The summed E-state index contributed by atoms with van der Waals surface area (Å²) in [5.41, 5.74) is 0.142. The van der Waals surface area contributed by atoms with Crippen LogP contribution in [-0.4, -0.2) is 29.4 Å². The third-order valence-electron chi connectivity index (χ3n) is 2.86. The molecule has 0 heterocycles. The SMILES string of the molecule is CCCCS[C@@H](C)C(=O)NCC(=O)Nc1ccc(F)c(F)c1. The van der Waals surface area contributed by atoms with Crippen LogP contribution in [-0.2, 0) is 9.59 Å². The molecule has 0 aromatic heterocycles. The lowest BCUT2D eigenvalue weighted by Crippen LogP contribution is -2.37. The number of anilines is 1. The Hall–Kier alpha value is -1.63. The average molecular weight is 330 g/mol. The fraction of sp³-hybridized carbons (Fsp3) is 0.467. The van der Waals surface area contributed by atoms with Crippen molar-refractivity contribution in [2.24, 2.45) is 0 Å². The van der Waals surface area contributed by atoms with Crippen molar-refractivity contribution in [3.8, 4) is 0 Å². The van der Waals surface area contributed by atoms with Crippen LogP contribution in [0.1, 0.15) is 26.7 Å². The molecule has 1 aromatic carbocycles. The van der Waals surface area contributed by atoms with Crippen molar-refractivity contribution in [3.63, 3.8) is 0 Å². The van der Waals surface area contributed by atoms with Gasteiger partial charge >= 0.3 is 0 Å². The molecule has 0 radical (unpaired) electrons. The van der Waals surface area contributed by atoms with E-state index in [-0.39, 0.29) is 23.4 Å². The standard InChI is InChI=1S/C15H20F2N2O2S/c1-3-4-7-22-10(2)15(21)18-9-14(20)19-11-5-6-12(16)13(17)8-11/h5-6,8,10H,3-4,7,9H2,1-2H3,(H,18,21)(H,19,20)/t10-/m0/s1. The number of halogens is 2. The molecule has 22 heavy (non-hydrogen) atoms. The smallest absolute Gasteiger partial charge is 0.243 e. The zero-order valence-electron chi connectivity index (χ0n) is 12.6. The van der Waals surface area contributed by atoms with Crippen LogP contribution >= 0.6 is 11.8 Å². The number of carbonyl (C=O) groups excluding carboxylic acids is 2. The van der Waals surface area contributed by atoms with Crippen molar-refractivity contribution < 1.29 is 18.4 Å². The lowest BCUT2D eigenvalue weighted by Gasteiger charge is -2.12. The molecule has 0 aliphatic rings. The number of amides is 2. The second-order valence-corrected chi connectivity index (χ2v) is 6.21. The minimum absolute atomic E-state index is 0.142. The number of rotatable bonds is 8. The van der Waals surface area contributed by atoms with Crippen LogP contribution in [0.4, 0.5) is 14.5 Å². The lowest BCUT2D eigenvalue weighted by molar-refractivity contribution is -0.123. The number of benzene rings is 1. The van der Waals surface area contributed by atoms with Crippen LogP contribution in [0.5, 0.6) is 0 Å². The third kappa shape index (κ3) is 6.43. The van der Waals surface area contributed by atoms with E-state index in [1.165, 1.54) is 17.8 Å². The Balaban J connectivity index is 2.35. The third-order valence-corrected chi connectivity index (χ3v) is 4.10. The molecule has 0 fully saturated rings. The van der Waals surface area contributed by atoms with Gasteiger partial charge in [0.15, 0.2) is 11.6 Å². The first-order chi connectivity index (χ1) is 10.4. The van der Waals surface area contributed by atoms with Crippen molar-refractivity contribution in [3.05, 3.63) is 29.8 Å². The summed E-state index contributed by atoms with van der Waals surface area (Å²) in [6.45, 7) is 3.65. The zero-order valence-corrected chi connectivity index (χ0v) is 13.4. The first kappa shape index (κ1) is 18.4. The first-order valence-electron chi connectivity index (χ1n) is 7.08. The molecule has 0 saturated carbocycles. The van der Waals surface area contributed by atoms with E-state index in [1.807, 2.05) is 0 Å². The van der Waals surface area contributed by atoms with Crippen molar-refractivity contribution in [2.45, 2.75) is 31.9 Å². The first-order valence-corrected chi connectivity index (χ1v) is 8.13. The molecular weight excluding hydrogens is 310 g/mol. The fourth-order valence-corrected chi connectivity index (χ4v) is 2.61. The van der Waals surface area contributed by atoms with E-state index < -0.39 is 17.5 Å². The fourth-order valence-electron chi connectivity index (χ4n) is 1.57. The number of carbonyl (C=O) groups is 2. The van der Waals surface area contributed by atoms with Gasteiger partial charge < -0.3 is 10.6 Å². The van der Waals surface area contributed by atoms with Gasteiger partial charge in [0, 0.05) is 11.8 Å². The maximum absolute atomic E-state index is 13.0. The van der Waals surface area contributed by atoms with Gasteiger partial charge in [-0.3, -0.25) is 9.59 Å². The molecule has 0 spiro atoms. The monoisotopic (exact) mass is 330 g/mol. The Morgan fingerprint density at radius 2 is 2.00 bits per heavy atom. The van der Waals surface area contributed by atoms with E-state index in [0.717, 1.165) is 30.7 Å². The largest absolute Gasteiger partial charge is 0.346 e. The minimum atomic E-state index is -1.04. The van der Waals surface area contributed by atoms with Crippen molar-refractivity contribution in [2.75, 3.05) is 17.6 Å². The molecule has 1 aromatic rings. The Morgan fingerprint density at radius 1 is 1.27 bits per heavy atom. The highest BCUT2D eigenvalue weighted by molar-refractivity contribution is 8.00. The summed E-state index contributed by atoms with van der Waals surface area (Å²) in [6, 6.07) is 3.07. The second kappa shape index (κ2) is 9.40. The lowest BCUT2D eigenvalue weighted by atomic mass is 10.3. The van der Waals surface area contributed by atoms with E-state index in [2.05, 4.69) is 17.6 Å². The predicted molar refractivity (Wildman–Crippen MR) is 84.8 cm³/mol. The molecule has 122 valence electrons. The molecular formula is C15H20F2N2O2S. The summed E-state index contributed by atoms with van der Waals surface area (Å²) in [7, 11) is 0. The Morgan fingerprint density at radius 3 is 2.64 bits per heavy atom. The Bertz CT molecular complexity index is 526. The van der Waals surface area contributed by atoms with Crippen LogP contribution in [0.25, 0.3) is 0 Å². The van der Waals surface area contributed by atoms with Gasteiger partial charge in [-0.05, 0) is 31.2 Å². The van der Waals surface area contributed by atoms with Gasteiger partial charge in [0.1, 0.15) is 0 Å². The highest BCUT2D eigenvalue weighted by Gasteiger charge is 2.14. The second-order valence-electron chi connectivity index (χ2n) is 4.76. The number of hydrogen-bond donors (Lipinski definition) is 2. The number of nitrogens with one attached hydrogen (secondary N) is 2. The molecule has 2 N–H and O–H groups in total. The van der Waals surface area contributed by atoms with E-state index >= 15 is 0 Å². The van der Waals surface area contributed by atoms with E-state index in [4.69, 9.17) is 0 Å². The summed E-state index contributed by atoms with van der Waals surface area (Å²) in [6.07, 6.45) is 2.11. The maximum Gasteiger partial charge on any atom is 0.243 e. The molecule has 1 atom stereocenters. The summed E-state index contributed by atoms with van der Waals surface area (Å²) >= 11 is 1.53. The molecule has 0 unspecified atom stereocenters. The normalized spacial score (nSPS) is 11.8. The zero-order chi connectivity index (χ0) is 16.5. The molecule has 2 amide bonds. The predicted octanol–water partition coefficient (Wildman–Crippen LogP) is 2.94. The summed E-state index contributed by atoms with van der Waals surface area (Å²) < 4.78 is 25.8. The van der Waals surface area contributed by atoms with Gasteiger partial charge in [0.2, 0.25) is 11.8 Å². The van der Waals surface area contributed by atoms with Crippen molar-refractivity contribution in [1.29, 1.82) is 0 Å². The number of hydrogen-bond acceptors (Lipinski definition) is 3. The Labute approximate surface area is 133 Å². The van der Waals surface area contributed by atoms with Crippen molar-refractivity contribution >= 4 is 29.3 Å². The van der Waals surface area contributed by atoms with Crippen LogP contribution in [0.3, 0.4) is 0 Å². The number of thioether (sulfide) groups is 1. The molecule has 0 aliphatic carbocycles. The minimum Gasteiger partial charge on any atom is -0.346 e. The molecule has 0 saturated heterocycles. The summed E-state index contributed by atoms with van der Waals surface area (Å²) in [5.74, 6) is -1.84. The van der Waals surface area contributed by atoms with Crippen LogP contribution in [0.2, 0.25) is 0 Å². The van der Waals surface area contributed by atoms with Gasteiger partial charge in [-0.2, -0.15) is 0 Å². The molecule has 0 bridgehead atoms. The number of unbranched alkanes of at least 4 members (excludes halogenated alkanes) is 1. The van der Waals surface area contributed by atoms with Gasteiger partial charge in [0.25, 0.3) is 0 Å². The average Bonchev–Trinajstić information content (AvgIpc) is 2.48. The topological polar surface area (TPSA) is 58.2 Å². The highest BCUT2D eigenvalue weighted by atomic mass is 32.2. The maximum atomic E-state index is 13.0. The van der Waals surface area contributed by atoms with Crippen LogP contribution in [0, 0.1) is 11.6 Å².